The van der Waals surface area contributed by atoms with E-state index in [-0.39, 0.29) is 29.1 Å². The molecule has 36 heavy (non-hydrogen) atoms. The summed E-state index contributed by atoms with van der Waals surface area (Å²) in [7, 11) is 0. The number of cyclic esters (lactones) is 1. The molecule has 4 fully saturated rings. The molecular weight excluding hydrogens is 456 g/mol. The number of aliphatic hydroxyl groups excluding tert-OH is 1. The van der Waals surface area contributed by atoms with E-state index in [1.165, 1.54) is 0 Å². The zero-order valence-corrected chi connectivity index (χ0v) is 21.0. The van der Waals surface area contributed by atoms with Gasteiger partial charge < -0.3 is 20.1 Å². The highest BCUT2D eigenvalue weighted by atomic mass is 16.5. The molecule has 0 saturated heterocycles. The molecule has 8 atom stereocenters. The van der Waals surface area contributed by atoms with Crippen LogP contribution in [0.25, 0.3) is 0 Å². The van der Waals surface area contributed by atoms with Gasteiger partial charge in [-0.05, 0) is 86.8 Å². The topological polar surface area (TPSA) is 111 Å². The molecule has 0 bridgehead atoms. The number of para-hydroxylation sites is 1. The first-order valence-electron chi connectivity index (χ1n) is 13.6. The molecule has 4 saturated carbocycles. The van der Waals surface area contributed by atoms with Gasteiger partial charge in [-0.1, -0.05) is 25.1 Å². The fraction of sp³-hybridized carbons (Fsp3) is 0.655. The van der Waals surface area contributed by atoms with Crippen LogP contribution in [0.5, 0.6) is 0 Å². The molecular formula is C29H38N2O5. The molecule has 0 spiro atoms. The van der Waals surface area contributed by atoms with Crippen LogP contribution in [-0.2, 0) is 9.53 Å². The van der Waals surface area contributed by atoms with Crippen molar-refractivity contribution in [3.05, 3.63) is 42.0 Å². The highest BCUT2D eigenvalue weighted by Gasteiger charge is 2.71. The molecule has 0 aromatic heterocycles. The largest absolute Gasteiger partial charge is 0.458 e. The van der Waals surface area contributed by atoms with Gasteiger partial charge in [0.25, 0.3) is 0 Å². The first-order chi connectivity index (χ1) is 17.2. The number of aliphatic hydroxyl groups is 3. The van der Waals surface area contributed by atoms with Crippen LogP contribution in [0.15, 0.2) is 47.1 Å². The zero-order valence-electron chi connectivity index (χ0n) is 21.0. The summed E-state index contributed by atoms with van der Waals surface area (Å²) in [5, 5.41) is 39.7. The summed E-state index contributed by atoms with van der Waals surface area (Å²) in [6.45, 7) is 2.54. The molecule has 194 valence electrons. The molecule has 0 radical (unpaired) electrons. The molecule has 6 rings (SSSR count). The third-order valence-corrected chi connectivity index (χ3v) is 10.9. The maximum absolute atomic E-state index is 12.5. The van der Waals surface area contributed by atoms with Gasteiger partial charge in [0, 0.05) is 29.5 Å². The van der Waals surface area contributed by atoms with Gasteiger partial charge in [0.1, 0.15) is 6.61 Å². The molecule has 1 aromatic carbocycles. The Labute approximate surface area is 212 Å². The Bertz CT molecular complexity index is 1090. The van der Waals surface area contributed by atoms with Crippen LogP contribution in [-0.4, -0.2) is 51.4 Å². The maximum Gasteiger partial charge on any atom is 0.331 e. The first-order valence-corrected chi connectivity index (χ1v) is 13.6. The standard InChI is InChI=1S/C29H38N2O5/c1-26-11-8-23-24(29(26,35)14-10-22(26)19-15-25(33)36-17-19)9-13-28(34)16-21(32)7-12-27(23,28)18-30-31-20-5-3-2-4-6-20/h2-6,15,18,21-24,31-32,34-35H,7-14,16-17H2,1H3/b30-18-/t21-,22+,23-,24+,26-,27+,28+,29+/m1/s1. The van der Waals surface area contributed by atoms with Crippen LogP contribution < -0.4 is 5.43 Å². The average Bonchev–Trinajstić information content (AvgIpc) is 3.40. The Morgan fingerprint density at radius 1 is 1.03 bits per heavy atom. The fourth-order valence-electron chi connectivity index (χ4n) is 9.10. The van der Waals surface area contributed by atoms with Gasteiger partial charge in [-0.15, -0.1) is 0 Å². The Balaban J connectivity index is 1.35. The second-order valence-electron chi connectivity index (χ2n) is 12.3. The summed E-state index contributed by atoms with van der Waals surface area (Å²) in [5.41, 5.74) is 2.16. The number of nitrogens with one attached hydrogen (secondary N) is 1. The van der Waals surface area contributed by atoms with Gasteiger partial charge in [-0.25, -0.2) is 4.79 Å². The second-order valence-corrected chi connectivity index (χ2v) is 12.3. The summed E-state index contributed by atoms with van der Waals surface area (Å²) < 4.78 is 5.24. The van der Waals surface area contributed by atoms with Crippen molar-refractivity contribution in [2.75, 3.05) is 12.0 Å². The predicted octanol–water partition coefficient (Wildman–Crippen LogP) is 3.80. The highest BCUT2D eigenvalue weighted by Crippen LogP contribution is 2.70. The minimum Gasteiger partial charge on any atom is -0.458 e. The lowest BCUT2D eigenvalue weighted by Crippen LogP contribution is -2.68. The number of nitrogens with zero attached hydrogens (tertiary/aromatic N) is 1. The van der Waals surface area contributed by atoms with Crippen molar-refractivity contribution in [1.82, 2.24) is 0 Å². The smallest absolute Gasteiger partial charge is 0.331 e. The lowest BCUT2D eigenvalue weighted by molar-refractivity contribution is -0.237. The molecule has 7 nitrogen and oxygen atoms in total. The van der Waals surface area contributed by atoms with E-state index >= 15 is 0 Å². The normalized spacial score (nSPS) is 46.0. The molecule has 4 N–H and O–H groups in total. The van der Waals surface area contributed by atoms with E-state index in [1.807, 2.05) is 36.5 Å². The third kappa shape index (κ3) is 3.35. The quantitative estimate of drug-likeness (QED) is 0.288. The number of ether oxygens (including phenoxy) is 1. The molecule has 1 heterocycles. The number of fused-ring (bicyclic) bond motifs is 5. The minimum absolute atomic E-state index is 0.0265. The van der Waals surface area contributed by atoms with Crippen molar-refractivity contribution in [2.24, 2.45) is 33.7 Å². The number of hydrogen-bond acceptors (Lipinski definition) is 7. The van der Waals surface area contributed by atoms with Crippen LogP contribution in [0.2, 0.25) is 0 Å². The van der Waals surface area contributed by atoms with E-state index in [0.29, 0.717) is 38.7 Å². The summed E-state index contributed by atoms with van der Waals surface area (Å²) in [6, 6.07) is 9.77. The van der Waals surface area contributed by atoms with Crippen molar-refractivity contribution >= 4 is 17.9 Å². The zero-order chi connectivity index (χ0) is 25.2. The van der Waals surface area contributed by atoms with Crippen molar-refractivity contribution in [3.63, 3.8) is 0 Å². The van der Waals surface area contributed by atoms with Gasteiger partial charge in [0.15, 0.2) is 0 Å². The second kappa shape index (κ2) is 8.40. The van der Waals surface area contributed by atoms with Crippen LogP contribution >= 0.6 is 0 Å². The lowest BCUT2D eigenvalue weighted by Gasteiger charge is -2.65. The number of esters is 1. The Morgan fingerprint density at radius 2 is 1.81 bits per heavy atom. The number of hydrazone groups is 1. The van der Waals surface area contributed by atoms with Gasteiger partial charge in [0.05, 0.1) is 23.0 Å². The number of carbonyl (C=O) groups is 1. The van der Waals surface area contributed by atoms with Crippen LogP contribution in [0.3, 0.4) is 0 Å². The van der Waals surface area contributed by atoms with Gasteiger partial charge in [0.2, 0.25) is 0 Å². The first kappa shape index (κ1) is 24.1. The van der Waals surface area contributed by atoms with Gasteiger partial charge in [-0.3, -0.25) is 5.43 Å². The van der Waals surface area contributed by atoms with Crippen LogP contribution in [0, 0.1) is 28.6 Å². The number of hydrogen-bond donors (Lipinski definition) is 4. The molecule has 1 aliphatic heterocycles. The summed E-state index contributed by atoms with van der Waals surface area (Å²) in [6.07, 6.45) is 9.15. The Hall–Kier alpha value is -2.22. The van der Waals surface area contributed by atoms with E-state index in [1.54, 1.807) is 6.08 Å². The summed E-state index contributed by atoms with van der Waals surface area (Å²) in [5.74, 6) is -0.0496. The van der Waals surface area contributed by atoms with Crippen LogP contribution in [0.4, 0.5) is 5.69 Å². The van der Waals surface area contributed by atoms with Crippen molar-refractivity contribution in [1.29, 1.82) is 0 Å². The molecule has 0 unspecified atom stereocenters. The maximum atomic E-state index is 12.5. The summed E-state index contributed by atoms with van der Waals surface area (Å²) in [4.78, 5) is 11.8. The molecule has 5 aliphatic rings. The van der Waals surface area contributed by atoms with E-state index in [4.69, 9.17) is 4.74 Å². The van der Waals surface area contributed by atoms with Crippen molar-refractivity contribution in [3.8, 4) is 0 Å². The number of carbonyl (C=O) groups excluding carboxylic acids is 1. The monoisotopic (exact) mass is 494 g/mol. The lowest BCUT2D eigenvalue weighted by atomic mass is 9.41. The Morgan fingerprint density at radius 3 is 2.56 bits per heavy atom. The number of benzene rings is 1. The fourth-order valence-corrected chi connectivity index (χ4v) is 9.10. The Kier molecular flexibility index (Phi) is 5.63. The molecule has 4 aliphatic carbocycles. The molecule has 1 aromatic rings. The van der Waals surface area contributed by atoms with Crippen molar-refractivity contribution in [2.45, 2.75) is 82.0 Å². The van der Waals surface area contributed by atoms with E-state index < -0.39 is 22.7 Å². The van der Waals surface area contributed by atoms with E-state index in [0.717, 1.165) is 36.9 Å². The summed E-state index contributed by atoms with van der Waals surface area (Å²) >= 11 is 0. The number of anilines is 1. The SMILES string of the molecule is C[C@]12CC[C@@H]3[C@H](CC[C@]4(O)C[C@H](O)CC[C@]34/C=N\Nc3ccccc3)[C@@]1(O)CC[C@H]2C1=CC(=O)OC1. The van der Waals surface area contributed by atoms with E-state index in [2.05, 4.69) is 17.5 Å². The van der Waals surface area contributed by atoms with Gasteiger partial charge >= 0.3 is 5.97 Å². The van der Waals surface area contributed by atoms with Crippen LogP contribution in [0.1, 0.15) is 64.7 Å². The third-order valence-electron chi connectivity index (χ3n) is 10.9. The van der Waals surface area contributed by atoms with E-state index in [9.17, 15) is 20.1 Å². The predicted molar refractivity (Wildman–Crippen MR) is 136 cm³/mol. The molecule has 7 heteroatoms. The average molecular weight is 495 g/mol. The minimum atomic E-state index is -1.05. The molecule has 0 amide bonds. The van der Waals surface area contributed by atoms with Crippen molar-refractivity contribution < 1.29 is 24.9 Å². The van der Waals surface area contributed by atoms with Gasteiger partial charge in [-0.2, -0.15) is 5.10 Å². The number of rotatable bonds is 4. The highest BCUT2D eigenvalue weighted by molar-refractivity contribution is 5.85.